The van der Waals surface area contributed by atoms with Crippen LogP contribution in [0.5, 0.6) is 0 Å². The number of hydrogen-bond donors (Lipinski definition) is 8. The largest absolute Gasteiger partial charge is 0.481 e. The molecule has 0 radical (unpaired) electrons. The van der Waals surface area contributed by atoms with Crippen LogP contribution in [0, 0.1) is 5.92 Å². The minimum Gasteiger partial charge on any atom is -0.481 e. The van der Waals surface area contributed by atoms with E-state index in [1.54, 1.807) is 46.9 Å². The SMILES string of the molecule is CN(CC(=O)NC1CCCC1)c1nc(Cc2ccc(NCC3CCCCC3)cc2)nc(Cl)c1CC(=O)O.CN(CC(=O)NC1CCCC1)c1nc(Cc2ccc(NCc3ccccc3)cc2)nc(Cl)c1CC(=O)O.CN(Cc1ccccc1)C(=O)Nc1ccc(Cc2ncc(CC(=O)O)c(N(C)C)n2)cc1. The van der Waals surface area contributed by atoms with Crippen molar-refractivity contribution >= 4 is 93.5 Å². The van der Waals surface area contributed by atoms with E-state index in [4.69, 9.17) is 28.3 Å². The summed E-state index contributed by atoms with van der Waals surface area (Å²) in [7, 11) is 8.85. The predicted molar refractivity (Wildman–Crippen MR) is 415 cm³/mol. The van der Waals surface area contributed by atoms with Crippen LogP contribution in [0.25, 0.3) is 0 Å². The maximum absolute atomic E-state index is 12.6. The number of halogens is 2. The Bertz CT molecular complexity index is 4200. The topological polar surface area (TPSA) is 314 Å². The molecule has 0 bridgehead atoms. The number of nitrogens with one attached hydrogen (secondary N) is 5. The first-order valence-electron chi connectivity index (χ1n) is 36.2. The van der Waals surface area contributed by atoms with E-state index >= 15 is 0 Å². The summed E-state index contributed by atoms with van der Waals surface area (Å²) in [6.07, 6.45) is 17.3. The number of rotatable bonds is 30. The van der Waals surface area contributed by atoms with Crippen LogP contribution < -0.4 is 41.3 Å². The smallest absolute Gasteiger partial charge is 0.321 e. The third-order valence-electron chi connectivity index (χ3n) is 18.7. The maximum Gasteiger partial charge on any atom is 0.321 e. The van der Waals surface area contributed by atoms with Gasteiger partial charge in [0.25, 0.3) is 0 Å². The molecule has 26 heteroatoms. The summed E-state index contributed by atoms with van der Waals surface area (Å²) in [6, 6.07) is 43.9. The Morgan fingerprint density at radius 3 is 1.32 bits per heavy atom. The van der Waals surface area contributed by atoms with Crippen molar-refractivity contribution in [1.29, 1.82) is 0 Å². The zero-order chi connectivity index (χ0) is 75.5. The van der Waals surface area contributed by atoms with Gasteiger partial charge in [-0.2, -0.15) is 0 Å². The standard InChI is InChI=1S/C28H38ClN5O3.C28H32ClN5O3.C24H27N5O3/c2*1-34(18-25(35)31-22-9-5-6-10-22)28-23(16-26(36)37)27(29)32-24(33-28)15-19-11-13-21(14-12-19)30-17-20-7-3-2-4-8-20;1-28(2)23-19(14-22(30)31)15-25-21(27-23)13-17-9-11-20(12-10-17)26-24(32)29(3)16-18-7-5-4-6-8-18/h11-14,20,22,30H,2-10,15-18H2,1H3,(H,31,35)(H,36,37);2-4,7-8,11-14,22,30H,5-6,9-10,15-18H2,1H3,(H,31,35)(H,36,37);4-12,15H,13-14,16H2,1-3H3,(H,26,32)(H,30,31). The van der Waals surface area contributed by atoms with Crippen molar-refractivity contribution in [2.75, 3.05) is 85.5 Å². The number of carboxylic acid groups (broad SMARTS) is 3. The number of carbonyl (C=O) groups is 6. The Labute approximate surface area is 630 Å². The van der Waals surface area contributed by atoms with Gasteiger partial charge in [-0.25, -0.2) is 34.7 Å². The van der Waals surface area contributed by atoms with Crippen LogP contribution >= 0.6 is 23.2 Å². The molecule has 3 aromatic heterocycles. The van der Waals surface area contributed by atoms with Gasteiger partial charge in [0.1, 0.15) is 45.2 Å². The maximum atomic E-state index is 12.6. The van der Waals surface area contributed by atoms with Crippen molar-refractivity contribution in [3.8, 4) is 0 Å². The number of aromatic nitrogens is 6. The fourth-order valence-corrected chi connectivity index (χ4v) is 13.7. The van der Waals surface area contributed by atoms with E-state index in [9.17, 15) is 39.0 Å². The van der Waals surface area contributed by atoms with Gasteiger partial charge in [-0.3, -0.25) is 24.0 Å². The van der Waals surface area contributed by atoms with Crippen LogP contribution in [0.15, 0.2) is 140 Å². The number of nitrogens with zero attached hydrogens (tertiary/aromatic N) is 10. The molecule has 3 fully saturated rings. The molecule has 3 heterocycles. The summed E-state index contributed by atoms with van der Waals surface area (Å²) in [5.74, 6) is 0.424. The van der Waals surface area contributed by atoms with Crippen LogP contribution in [-0.4, -0.2) is 153 Å². The highest BCUT2D eigenvalue weighted by atomic mass is 35.5. The van der Waals surface area contributed by atoms with Crippen molar-refractivity contribution in [2.45, 2.75) is 147 Å². The molecule has 11 rings (SSSR count). The fraction of sp³-hybridized carbons (Fsp3) is 0.400. The number of hydrogen-bond acceptors (Lipinski definition) is 17. The molecule has 8 aromatic rings. The molecule has 4 amide bonds. The molecule has 3 aliphatic rings. The molecule has 0 aliphatic heterocycles. The highest BCUT2D eigenvalue weighted by Gasteiger charge is 2.26. The van der Waals surface area contributed by atoms with E-state index < -0.39 is 17.9 Å². The van der Waals surface area contributed by atoms with Gasteiger partial charge in [0.15, 0.2) is 0 Å². The van der Waals surface area contributed by atoms with Crippen LogP contribution in [0.4, 0.5) is 39.3 Å². The molecule has 106 heavy (non-hydrogen) atoms. The lowest BCUT2D eigenvalue weighted by atomic mass is 9.89. The van der Waals surface area contributed by atoms with Crippen LogP contribution in [0.3, 0.4) is 0 Å². The number of aliphatic carboxylic acids is 3. The molecule has 3 saturated carbocycles. The van der Waals surface area contributed by atoms with Gasteiger partial charge in [-0.1, -0.05) is 165 Å². The lowest BCUT2D eigenvalue weighted by Gasteiger charge is -2.23. The Morgan fingerprint density at radius 1 is 0.453 bits per heavy atom. The first kappa shape index (κ1) is 79.7. The number of amides is 4. The minimum absolute atomic E-state index is 0.0533. The van der Waals surface area contributed by atoms with Crippen LogP contribution in [0.2, 0.25) is 10.3 Å². The van der Waals surface area contributed by atoms with E-state index in [0.29, 0.717) is 83.1 Å². The quantitative estimate of drug-likeness (QED) is 0.0194. The van der Waals surface area contributed by atoms with E-state index in [-0.39, 0.29) is 72.6 Å². The average Bonchev–Trinajstić information content (AvgIpc) is 0.837. The lowest BCUT2D eigenvalue weighted by Crippen LogP contribution is -2.40. The molecule has 0 atom stereocenters. The first-order valence-corrected chi connectivity index (χ1v) is 36.9. The average molecular weight is 1480 g/mol. The Kier molecular flexibility index (Phi) is 30.2. The van der Waals surface area contributed by atoms with Gasteiger partial charge in [0.2, 0.25) is 11.8 Å². The molecule has 8 N–H and O–H groups in total. The highest BCUT2D eigenvalue weighted by Crippen LogP contribution is 2.30. The lowest BCUT2D eigenvalue weighted by molar-refractivity contribution is -0.137. The molecule has 3 aliphatic carbocycles. The third-order valence-corrected chi connectivity index (χ3v) is 19.3. The summed E-state index contributed by atoms with van der Waals surface area (Å²) in [5, 5.41) is 44.0. The van der Waals surface area contributed by atoms with Gasteiger partial charge in [0, 0.05) is 126 Å². The molecule has 560 valence electrons. The number of urea groups is 1. The van der Waals surface area contributed by atoms with Crippen molar-refractivity contribution in [2.24, 2.45) is 5.92 Å². The summed E-state index contributed by atoms with van der Waals surface area (Å²) < 4.78 is 0. The zero-order valence-electron chi connectivity index (χ0n) is 61.0. The molecule has 5 aromatic carbocycles. The van der Waals surface area contributed by atoms with E-state index in [0.717, 1.165) is 104 Å². The van der Waals surface area contributed by atoms with Crippen molar-refractivity contribution in [3.05, 3.63) is 212 Å². The predicted octanol–water partition coefficient (Wildman–Crippen LogP) is 12.7. The molecule has 0 spiro atoms. The van der Waals surface area contributed by atoms with Crippen molar-refractivity contribution < 1.29 is 44.1 Å². The normalized spacial score (nSPS) is 13.6. The zero-order valence-corrected chi connectivity index (χ0v) is 62.5. The van der Waals surface area contributed by atoms with E-state index in [2.05, 4.69) is 80.8 Å². The second-order valence-electron chi connectivity index (χ2n) is 27.6. The van der Waals surface area contributed by atoms with Gasteiger partial charge in [0.05, 0.1) is 32.4 Å². The van der Waals surface area contributed by atoms with Crippen molar-refractivity contribution in [3.63, 3.8) is 0 Å². The second-order valence-corrected chi connectivity index (χ2v) is 28.3. The second kappa shape index (κ2) is 40.1. The first-order chi connectivity index (χ1) is 51.0. The van der Waals surface area contributed by atoms with E-state index in [1.807, 2.05) is 123 Å². The Morgan fingerprint density at radius 2 is 0.868 bits per heavy atom. The van der Waals surface area contributed by atoms with Gasteiger partial charge in [-0.05, 0) is 109 Å². The summed E-state index contributed by atoms with van der Waals surface area (Å²) in [6.45, 7) is 2.38. The number of likely N-dealkylation sites (N-methyl/N-ethyl adjacent to an activating group) is 2. The summed E-state index contributed by atoms with van der Waals surface area (Å²) in [4.78, 5) is 105. The number of anilines is 6. The molecule has 24 nitrogen and oxygen atoms in total. The Hall–Kier alpha value is -10.5. The Balaban J connectivity index is 0.000000185. The van der Waals surface area contributed by atoms with Gasteiger partial charge < -0.3 is 61.5 Å². The third kappa shape index (κ3) is 25.7. The number of carbonyl (C=O) groups excluding carboxylic acids is 3. The minimum atomic E-state index is -1.04. The van der Waals surface area contributed by atoms with Crippen molar-refractivity contribution in [1.82, 2.24) is 45.4 Å². The van der Waals surface area contributed by atoms with Gasteiger partial charge in [-0.15, -0.1) is 0 Å². The molecule has 0 saturated heterocycles. The molecular formula is C80H97Cl2N15O9. The molecule has 0 unspecified atom stereocenters. The van der Waals surface area contributed by atoms with Gasteiger partial charge >= 0.3 is 23.9 Å². The van der Waals surface area contributed by atoms with Crippen LogP contribution in [-0.2, 0) is 75.6 Å². The fourth-order valence-electron chi connectivity index (χ4n) is 13.2. The monoisotopic (exact) mass is 1480 g/mol. The number of carboxylic acids is 3. The summed E-state index contributed by atoms with van der Waals surface area (Å²) in [5.41, 5.74) is 9.24. The number of benzene rings is 5. The highest BCUT2D eigenvalue weighted by molar-refractivity contribution is 6.31. The van der Waals surface area contributed by atoms with Crippen LogP contribution in [0.1, 0.15) is 145 Å². The van der Waals surface area contributed by atoms with E-state index in [1.165, 1.54) is 37.7 Å². The summed E-state index contributed by atoms with van der Waals surface area (Å²) >= 11 is 12.9. The molecular weight excluding hydrogens is 1390 g/mol.